The molecule has 0 rings (SSSR count). The van der Waals surface area contributed by atoms with E-state index in [0.29, 0.717) is 10.8 Å². The van der Waals surface area contributed by atoms with Crippen molar-refractivity contribution in [1.82, 2.24) is 0 Å². The van der Waals surface area contributed by atoms with Gasteiger partial charge in [-0.1, -0.05) is 67.2 Å². The molecular weight excluding hydrogens is 412 g/mol. The van der Waals surface area contributed by atoms with Crippen molar-refractivity contribution in [3.8, 4) is 0 Å². The molecule has 5 heteroatoms. The standard InChI is InChI=1S/2C10H20O2.Ag/c2*1-10(2,3)8-6-4-5-7-9(11)12;/h2*4-8H2,1-3H3,(H,11,12);/q;;+2/p-2. The molecule has 0 fully saturated rings. The Labute approximate surface area is 170 Å². The summed E-state index contributed by atoms with van der Waals surface area (Å²) in [4.78, 5) is 20.1. The number of carbonyl (C=O) groups is 2. The van der Waals surface area contributed by atoms with E-state index in [9.17, 15) is 19.8 Å². The monoisotopic (exact) mass is 449 g/mol. The van der Waals surface area contributed by atoms with Crippen molar-refractivity contribution in [2.24, 2.45) is 10.8 Å². The van der Waals surface area contributed by atoms with Crippen LogP contribution in [0.3, 0.4) is 0 Å². The first-order valence-electron chi connectivity index (χ1n) is 9.23. The molecule has 0 aliphatic heterocycles. The summed E-state index contributed by atoms with van der Waals surface area (Å²) in [7, 11) is 0. The topological polar surface area (TPSA) is 80.3 Å². The third kappa shape index (κ3) is 35.6. The van der Waals surface area contributed by atoms with E-state index in [4.69, 9.17) is 0 Å². The Morgan fingerprint density at radius 3 is 1.08 bits per heavy atom. The van der Waals surface area contributed by atoms with Crippen LogP contribution in [0, 0.1) is 10.8 Å². The Balaban J connectivity index is -0.000000372. The zero-order chi connectivity index (χ0) is 19.2. The van der Waals surface area contributed by atoms with Crippen molar-refractivity contribution < 1.29 is 42.2 Å². The summed E-state index contributed by atoms with van der Waals surface area (Å²) >= 11 is 0. The molecule has 0 heterocycles. The van der Waals surface area contributed by atoms with Crippen LogP contribution in [0.2, 0.25) is 0 Å². The van der Waals surface area contributed by atoms with Gasteiger partial charge in [-0.2, -0.15) is 0 Å². The van der Waals surface area contributed by atoms with E-state index < -0.39 is 11.9 Å². The number of carbonyl (C=O) groups excluding carboxylic acids is 2. The van der Waals surface area contributed by atoms with Crippen LogP contribution in [0.25, 0.3) is 0 Å². The number of unbranched alkanes of at least 4 members (excludes halogenated alkanes) is 4. The first-order chi connectivity index (χ1) is 10.8. The Bertz CT molecular complexity index is 307. The van der Waals surface area contributed by atoms with Gasteiger partial charge in [-0.05, 0) is 49.4 Å². The van der Waals surface area contributed by atoms with Crippen molar-refractivity contribution in [2.75, 3.05) is 0 Å². The molecule has 0 aliphatic rings. The molecule has 153 valence electrons. The van der Waals surface area contributed by atoms with E-state index in [-0.39, 0.29) is 35.2 Å². The van der Waals surface area contributed by atoms with Gasteiger partial charge in [0.2, 0.25) is 0 Å². The van der Waals surface area contributed by atoms with Gasteiger partial charge in [0.1, 0.15) is 0 Å². The Morgan fingerprint density at radius 1 is 0.600 bits per heavy atom. The van der Waals surface area contributed by atoms with Crippen LogP contribution in [-0.2, 0) is 32.0 Å². The normalized spacial score (nSPS) is 11.1. The maximum Gasteiger partial charge on any atom is 2.00 e. The average molecular weight is 450 g/mol. The maximum absolute atomic E-state index is 10.0. The van der Waals surface area contributed by atoms with Crippen LogP contribution in [0.4, 0.5) is 0 Å². The minimum atomic E-state index is -0.925. The zero-order valence-corrected chi connectivity index (χ0v) is 18.5. The molecule has 0 aromatic rings. The van der Waals surface area contributed by atoms with Gasteiger partial charge < -0.3 is 19.8 Å². The maximum atomic E-state index is 10.0. The average Bonchev–Trinajstić information content (AvgIpc) is 2.35. The fraction of sp³-hybridized carbons (Fsp3) is 0.900. The van der Waals surface area contributed by atoms with E-state index in [1.165, 1.54) is 12.8 Å². The van der Waals surface area contributed by atoms with Gasteiger partial charge in [0, 0.05) is 11.9 Å². The van der Waals surface area contributed by atoms with Gasteiger partial charge in [-0.3, -0.25) is 0 Å². The van der Waals surface area contributed by atoms with Gasteiger partial charge in [0.25, 0.3) is 0 Å². The van der Waals surface area contributed by atoms with E-state index in [0.717, 1.165) is 38.5 Å². The molecule has 0 spiro atoms. The SMILES string of the molecule is CC(C)(C)CCCCCC(=O)[O-].CC(C)(C)CCCCCC(=O)[O-].[Ag+2]. The van der Waals surface area contributed by atoms with Crippen molar-refractivity contribution in [1.29, 1.82) is 0 Å². The van der Waals surface area contributed by atoms with Crippen LogP contribution in [0.1, 0.15) is 106 Å². The van der Waals surface area contributed by atoms with Crippen molar-refractivity contribution in [3.63, 3.8) is 0 Å². The van der Waals surface area contributed by atoms with Gasteiger partial charge in [-0.25, -0.2) is 0 Å². The Kier molecular flexibility index (Phi) is 18.7. The molecule has 0 saturated heterocycles. The molecular formula is C20H38AgO4. The van der Waals surface area contributed by atoms with E-state index in [2.05, 4.69) is 41.5 Å². The molecule has 25 heavy (non-hydrogen) atoms. The number of hydrogen-bond donors (Lipinski definition) is 0. The van der Waals surface area contributed by atoms with E-state index >= 15 is 0 Å². The second-order valence-corrected chi connectivity index (χ2v) is 8.99. The number of carboxylic acid groups (broad SMARTS) is 2. The van der Waals surface area contributed by atoms with E-state index in [1.54, 1.807) is 0 Å². The summed E-state index contributed by atoms with van der Waals surface area (Å²) < 4.78 is 0. The number of hydrogen-bond acceptors (Lipinski definition) is 4. The van der Waals surface area contributed by atoms with Gasteiger partial charge in [-0.15, -0.1) is 0 Å². The zero-order valence-electron chi connectivity index (χ0n) is 17.0. The molecule has 0 aromatic carbocycles. The van der Waals surface area contributed by atoms with Crippen LogP contribution in [0.5, 0.6) is 0 Å². The minimum Gasteiger partial charge on any atom is -0.550 e. The Hall–Kier alpha value is -0.320. The molecule has 0 amide bonds. The second-order valence-electron chi connectivity index (χ2n) is 8.99. The summed E-state index contributed by atoms with van der Waals surface area (Å²) in [6, 6.07) is 0. The largest absolute Gasteiger partial charge is 2.00 e. The molecule has 0 N–H and O–H groups in total. The van der Waals surface area contributed by atoms with Gasteiger partial charge in [0.15, 0.2) is 0 Å². The molecule has 0 saturated carbocycles. The fourth-order valence-corrected chi connectivity index (χ4v) is 2.20. The summed E-state index contributed by atoms with van der Waals surface area (Å²) in [6.07, 6.45) is 8.54. The third-order valence-corrected chi connectivity index (χ3v) is 3.62. The van der Waals surface area contributed by atoms with Crippen molar-refractivity contribution >= 4 is 11.9 Å². The number of aliphatic carboxylic acids is 2. The smallest absolute Gasteiger partial charge is 0.550 e. The quantitative estimate of drug-likeness (QED) is 0.377. The van der Waals surface area contributed by atoms with E-state index in [1.807, 2.05) is 0 Å². The molecule has 4 nitrogen and oxygen atoms in total. The first kappa shape index (κ1) is 29.4. The van der Waals surface area contributed by atoms with Crippen molar-refractivity contribution in [3.05, 3.63) is 0 Å². The minimum absolute atomic E-state index is 0. The molecule has 0 aromatic heterocycles. The number of rotatable bonds is 10. The molecule has 0 atom stereocenters. The first-order valence-corrected chi connectivity index (χ1v) is 9.23. The molecule has 1 radical (unpaired) electrons. The van der Waals surface area contributed by atoms with Crippen LogP contribution < -0.4 is 10.2 Å². The van der Waals surface area contributed by atoms with Crippen molar-refractivity contribution in [2.45, 2.75) is 106 Å². The summed E-state index contributed by atoms with van der Waals surface area (Å²) in [5.74, 6) is -1.85. The molecule has 0 unspecified atom stereocenters. The van der Waals surface area contributed by atoms with Crippen LogP contribution in [0.15, 0.2) is 0 Å². The van der Waals surface area contributed by atoms with Gasteiger partial charge in [0.05, 0.1) is 0 Å². The van der Waals surface area contributed by atoms with Crippen LogP contribution >= 0.6 is 0 Å². The van der Waals surface area contributed by atoms with Gasteiger partial charge >= 0.3 is 22.4 Å². The van der Waals surface area contributed by atoms with Crippen LogP contribution in [-0.4, -0.2) is 11.9 Å². The summed E-state index contributed by atoms with van der Waals surface area (Å²) in [5, 5.41) is 20.1. The Morgan fingerprint density at radius 2 is 0.880 bits per heavy atom. The fourth-order valence-electron chi connectivity index (χ4n) is 2.20. The molecule has 0 aliphatic carbocycles. The second kappa shape index (κ2) is 15.9. The summed E-state index contributed by atoms with van der Waals surface area (Å²) in [6.45, 7) is 13.2. The predicted molar refractivity (Wildman–Crippen MR) is 95.1 cm³/mol. The molecule has 0 bridgehead atoms. The number of carboxylic acids is 2. The third-order valence-electron chi connectivity index (χ3n) is 3.62. The summed E-state index contributed by atoms with van der Waals surface area (Å²) in [5.41, 5.74) is 0.753. The predicted octanol–water partition coefficient (Wildman–Crippen LogP) is 3.46.